The zero-order valence-corrected chi connectivity index (χ0v) is 22.3. The molecule has 4 N–H and O–H groups in total. The molecule has 4 aromatic carbocycles. The Morgan fingerprint density at radius 3 is 1.22 bits per heavy atom. The molecule has 0 aromatic heterocycles. The van der Waals surface area contributed by atoms with Crippen LogP contribution in [-0.4, -0.2) is 24.7 Å². The van der Waals surface area contributed by atoms with Crippen LogP contribution >= 0.6 is 0 Å². The Kier molecular flexibility index (Phi) is 8.23. The second-order valence-corrected chi connectivity index (χ2v) is 9.83. The van der Waals surface area contributed by atoms with Crippen molar-refractivity contribution in [2.45, 2.75) is 35.5 Å². The summed E-state index contributed by atoms with van der Waals surface area (Å²) in [6.07, 6.45) is -26.4. The van der Waals surface area contributed by atoms with Gasteiger partial charge in [0.2, 0.25) is 10.8 Å². The van der Waals surface area contributed by atoms with Crippen LogP contribution in [0.1, 0.15) is 22.3 Å². The first kappa shape index (κ1) is 33.3. The SMILES string of the molecule is Nc1ccc(C(c2cccc(Oc3ccccc3)c2C(c2ccc(N)cc2)(C(F)(F)F)C(F)(F)F)(C(F)(F)F)C(F)(F)F)cc1. The summed E-state index contributed by atoms with van der Waals surface area (Å²) in [4.78, 5) is 0. The highest BCUT2D eigenvalue weighted by Gasteiger charge is 2.79. The average molecular weight is 652 g/mol. The van der Waals surface area contributed by atoms with E-state index in [1.807, 2.05) is 0 Å². The van der Waals surface area contributed by atoms with E-state index in [-0.39, 0.29) is 41.7 Å². The average Bonchev–Trinajstić information content (AvgIpc) is 2.90. The molecule has 0 amide bonds. The molecule has 0 unspecified atom stereocenters. The Morgan fingerprint density at radius 1 is 0.422 bits per heavy atom. The number of nitrogen functional groups attached to an aromatic ring is 2. The lowest BCUT2D eigenvalue weighted by molar-refractivity contribution is -0.298. The number of hydrogen-bond donors (Lipinski definition) is 2. The molecule has 3 nitrogen and oxygen atoms in total. The Morgan fingerprint density at radius 2 is 0.822 bits per heavy atom. The number of para-hydroxylation sites is 1. The van der Waals surface area contributed by atoms with Gasteiger partial charge in [0.1, 0.15) is 11.5 Å². The number of alkyl halides is 12. The van der Waals surface area contributed by atoms with E-state index in [0.29, 0.717) is 36.4 Å². The minimum absolute atomic E-state index is 0.0753. The molecule has 0 fully saturated rings. The number of benzene rings is 4. The van der Waals surface area contributed by atoms with E-state index in [2.05, 4.69) is 0 Å². The highest BCUT2D eigenvalue weighted by atomic mass is 19.4. The molecule has 0 radical (unpaired) electrons. The van der Waals surface area contributed by atoms with Crippen LogP contribution in [0, 0.1) is 0 Å². The number of anilines is 2. The van der Waals surface area contributed by atoms with Crippen molar-refractivity contribution in [3.63, 3.8) is 0 Å². The van der Waals surface area contributed by atoms with Gasteiger partial charge in [0.25, 0.3) is 0 Å². The normalized spacial score (nSPS) is 13.5. The monoisotopic (exact) mass is 652 g/mol. The third-order valence-corrected chi connectivity index (χ3v) is 7.16. The van der Waals surface area contributed by atoms with Crippen LogP contribution in [0.5, 0.6) is 11.5 Å². The number of nitrogens with two attached hydrogens (primary N) is 2. The molecular weight excluding hydrogens is 632 g/mol. The molecule has 0 aliphatic heterocycles. The molecule has 0 heterocycles. The molecule has 0 spiro atoms. The summed E-state index contributed by atoms with van der Waals surface area (Å²) in [5.74, 6) is -2.05. The van der Waals surface area contributed by atoms with Crippen LogP contribution in [0.3, 0.4) is 0 Å². The summed E-state index contributed by atoms with van der Waals surface area (Å²) < 4.78 is 188. The molecule has 0 saturated heterocycles. The maximum Gasteiger partial charge on any atom is 0.411 e. The van der Waals surface area contributed by atoms with E-state index in [9.17, 15) is 0 Å². The summed E-state index contributed by atoms with van der Waals surface area (Å²) in [7, 11) is 0. The van der Waals surface area contributed by atoms with Gasteiger partial charge in [0.05, 0.1) is 0 Å². The minimum atomic E-state index is -6.61. The lowest BCUT2D eigenvalue weighted by Gasteiger charge is -2.45. The van der Waals surface area contributed by atoms with Crippen molar-refractivity contribution in [2.24, 2.45) is 0 Å². The highest BCUT2D eigenvalue weighted by molar-refractivity contribution is 5.62. The maximum absolute atomic E-state index is 15.3. The van der Waals surface area contributed by atoms with Crippen molar-refractivity contribution in [1.82, 2.24) is 0 Å². The summed E-state index contributed by atoms with van der Waals surface area (Å²) in [6.45, 7) is 0. The number of rotatable bonds is 6. The van der Waals surface area contributed by atoms with Gasteiger partial charge in [-0.15, -0.1) is 0 Å². The molecule has 0 aliphatic rings. The lowest BCUT2D eigenvalue weighted by Crippen LogP contribution is -2.60. The van der Waals surface area contributed by atoms with Crippen LogP contribution < -0.4 is 16.2 Å². The van der Waals surface area contributed by atoms with E-state index in [4.69, 9.17) is 16.2 Å². The topological polar surface area (TPSA) is 61.3 Å². The number of halogens is 12. The number of ether oxygens (including phenoxy) is 1. The molecule has 45 heavy (non-hydrogen) atoms. The van der Waals surface area contributed by atoms with E-state index in [1.54, 1.807) is 0 Å². The number of hydrogen-bond acceptors (Lipinski definition) is 3. The first-order chi connectivity index (χ1) is 20.7. The third kappa shape index (κ3) is 5.37. The van der Waals surface area contributed by atoms with Crippen LogP contribution in [0.15, 0.2) is 97.1 Å². The van der Waals surface area contributed by atoms with Crippen LogP contribution in [0.2, 0.25) is 0 Å². The van der Waals surface area contributed by atoms with Crippen molar-refractivity contribution in [3.05, 3.63) is 119 Å². The molecule has 240 valence electrons. The molecule has 0 bridgehead atoms. The molecular formula is C30H20F12N2O. The first-order valence-electron chi connectivity index (χ1n) is 12.6. The van der Waals surface area contributed by atoms with E-state index >= 15 is 52.7 Å². The Balaban J connectivity index is 2.37. The summed E-state index contributed by atoms with van der Waals surface area (Å²) in [5.41, 5.74) is -9.16. The van der Waals surface area contributed by atoms with E-state index < -0.39 is 69.3 Å². The third-order valence-electron chi connectivity index (χ3n) is 7.16. The van der Waals surface area contributed by atoms with Crippen molar-refractivity contribution < 1.29 is 57.4 Å². The molecule has 4 aromatic rings. The second-order valence-electron chi connectivity index (χ2n) is 9.83. The molecule has 0 saturated carbocycles. The molecule has 0 atom stereocenters. The van der Waals surface area contributed by atoms with Crippen molar-refractivity contribution in [3.8, 4) is 11.5 Å². The predicted octanol–water partition coefficient (Wildman–Crippen LogP) is 9.46. The lowest BCUT2D eigenvalue weighted by atomic mass is 9.63. The summed E-state index contributed by atoms with van der Waals surface area (Å²) >= 11 is 0. The van der Waals surface area contributed by atoms with Gasteiger partial charge in [-0.25, -0.2) is 0 Å². The molecule has 15 heteroatoms. The largest absolute Gasteiger partial charge is 0.457 e. The van der Waals surface area contributed by atoms with E-state index in [1.165, 1.54) is 18.2 Å². The predicted molar refractivity (Wildman–Crippen MR) is 140 cm³/mol. The fourth-order valence-corrected chi connectivity index (χ4v) is 5.26. The second kappa shape index (κ2) is 11.1. The molecule has 4 rings (SSSR count). The van der Waals surface area contributed by atoms with Crippen molar-refractivity contribution in [1.29, 1.82) is 0 Å². The van der Waals surface area contributed by atoms with Gasteiger partial charge in [0.15, 0.2) is 0 Å². The van der Waals surface area contributed by atoms with Gasteiger partial charge in [-0.05, 0) is 59.2 Å². The standard InChI is InChI=1S/C30H20F12N2O/c31-27(32,33)25(28(34,35)36,17-9-13-19(43)14-10-17)22-7-4-8-23(45-21-5-2-1-3-6-21)24(22)26(29(37,38)39,30(40,41)42)18-11-15-20(44)16-12-18/h1-16H,43-44H2. The zero-order valence-electron chi connectivity index (χ0n) is 22.3. The summed E-state index contributed by atoms with van der Waals surface area (Å²) in [5, 5.41) is 0. The first-order valence-corrected chi connectivity index (χ1v) is 12.6. The maximum atomic E-state index is 15.3. The Labute approximate surface area is 247 Å². The Hall–Kier alpha value is -4.56. The van der Waals surface area contributed by atoms with Gasteiger partial charge in [-0.2, -0.15) is 52.7 Å². The minimum Gasteiger partial charge on any atom is -0.457 e. The van der Waals surface area contributed by atoms with Gasteiger partial charge in [0, 0.05) is 16.9 Å². The Bertz CT molecular complexity index is 1600. The smallest absolute Gasteiger partial charge is 0.411 e. The van der Waals surface area contributed by atoms with Crippen molar-refractivity contribution in [2.75, 3.05) is 11.5 Å². The van der Waals surface area contributed by atoms with Crippen LogP contribution in [0.25, 0.3) is 0 Å². The van der Waals surface area contributed by atoms with E-state index in [0.717, 1.165) is 12.1 Å². The van der Waals surface area contributed by atoms with Gasteiger partial charge in [-0.1, -0.05) is 54.6 Å². The van der Waals surface area contributed by atoms with Gasteiger partial charge >= 0.3 is 24.7 Å². The van der Waals surface area contributed by atoms with Gasteiger partial charge in [-0.3, -0.25) is 0 Å². The van der Waals surface area contributed by atoms with Gasteiger partial charge < -0.3 is 16.2 Å². The summed E-state index contributed by atoms with van der Waals surface area (Å²) in [6, 6.07) is 10.0. The van der Waals surface area contributed by atoms with Crippen molar-refractivity contribution >= 4 is 11.4 Å². The highest BCUT2D eigenvalue weighted by Crippen LogP contribution is 2.64. The zero-order chi connectivity index (χ0) is 33.6. The fraction of sp³-hybridized carbons (Fsp3) is 0.200. The van der Waals surface area contributed by atoms with Crippen LogP contribution in [0.4, 0.5) is 64.1 Å². The fourth-order valence-electron chi connectivity index (χ4n) is 5.26. The quantitative estimate of drug-likeness (QED) is 0.161. The molecule has 0 aliphatic carbocycles. The van der Waals surface area contributed by atoms with Crippen LogP contribution in [-0.2, 0) is 10.8 Å².